The number of carbonyl (C=O) groups is 1. The Hall–Kier alpha value is -0.570. The van der Waals surface area contributed by atoms with Gasteiger partial charge in [-0.3, -0.25) is 9.69 Å². The van der Waals surface area contributed by atoms with Crippen LogP contribution in [0.1, 0.15) is 41.5 Å². The van der Waals surface area contributed by atoms with E-state index >= 15 is 0 Å². The summed E-state index contributed by atoms with van der Waals surface area (Å²) in [5.41, 5.74) is 4.98. The van der Waals surface area contributed by atoms with E-state index < -0.39 is 5.41 Å². The molecule has 0 saturated heterocycles. The highest BCUT2D eigenvalue weighted by molar-refractivity contribution is 5.80. The van der Waals surface area contributed by atoms with Crippen LogP contribution in [0.15, 0.2) is 0 Å². The van der Waals surface area contributed by atoms with E-state index in [2.05, 4.69) is 32.6 Å². The topological polar surface area (TPSA) is 46.3 Å². The molecule has 0 fully saturated rings. The van der Waals surface area contributed by atoms with Crippen molar-refractivity contribution < 1.29 is 4.79 Å². The fourth-order valence-electron chi connectivity index (χ4n) is 1.38. The van der Waals surface area contributed by atoms with Gasteiger partial charge in [0.15, 0.2) is 0 Å². The van der Waals surface area contributed by atoms with Gasteiger partial charge in [-0.15, -0.1) is 0 Å². The van der Waals surface area contributed by atoms with Crippen LogP contribution in [0.4, 0.5) is 0 Å². The van der Waals surface area contributed by atoms with Gasteiger partial charge in [-0.1, -0.05) is 6.92 Å². The maximum atomic E-state index is 11.2. The zero-order valence-corrected chi connectivity index (χ0v) is 10.3. The summed E-state index contributed by atoms with van der Waals surface area (Å²) in [6.45, 7) is 14.0. The molecular weight excluding hydrogens is 176 g/mol. The molecule has 1 amide bonds. The van der Waals surface area contributed by atoms with Crippen molar-refractivity contribution >= 4 is 5.91 Å². The van der Waals surface area contributed by atoms with Gasteiger partial charge in [0.05, 0.1) is 5.41 Å². The molecule has 0 unspecified atom stereocenters. The molecule has 0 spiro atoms. The van der Waals surface area contributed by atoms with Gasteiger partial charge in [-0.05, 0) is 41.2 Å². The molecule has 0 aromatic carbocycles. The van der Waals surface area contributed by atoms with Gasteiger partial charge in [0.2, 0.25) is 5.91 Å². The van der Waals surface area contributed by atoms with Crippen LogP contribution in [-0.2, 0) is 4.79 Å². The van der Waals surface area contributed by atoms with Crippen molar-refractivity contribution in [3.8, 4) is 0 Å². The van der Waals surface area contributed by atoms with Crippen molar-refractivity contribution in [3.05, 3.63) is 0 Å². The summed E-state index contributed by atoms with van der Waals surface area (Å²) in [5, 5.41) is 0. The summed E-state index contributed by atoms with van der Waals surface area (Å²) in [5.74, 6) is -0.236. The Balaban J connectivity index is 4.55. The van der Waals surface area contributed by atoms with Crippen LogP contribution in [0.5, 0.6) is 0 Å². The molecule has 0 atom stereocenters. The predicted molar refractivity (Wildman–Crippen MR) is 60.0 cm³/mol. The molecule has 0 heterocycles. The highest BCUT2D eigenvalue weighted by Gasteiger charge is 2.31. The number of nitrogens with two attached hydrogens (primary N) is 1. The molecule has 0 rings (SSSR count). The van der Waals surface area contributed by atoms with Crippen LogP contribution in [0, 0.1) is 5.41 Å². The Bertz CT molecular complexity index is 204. The lowest BCUT2D eigenvalue weighted by atomic mass is 9.90. The van der Waals surface area contributed by atoms with Gasteiger partial charge >= 0.3 is 0 Å². The molecule has 0 aliphatic carbocycles. The van der Waals surface area contributed by atoms with Gasteiger partial charge in [0.25, 0.3) is 0 Å². The first-order valence-electron chi connectivity index (χ1n) is 5.16. The Morgan fingerprint density at radius 3 is 1.86 bits per heavy atom. The number of hydrogen-bond acceptors (Lipinski definition) is 2. The highest BCUT2D eigenvalue weighted by atomic mass is 16.1. The summed E-state index contributed by atoms with van der Waals surface area (Å²) in [7, 11) is 0. The number of hydrogen-bond donors (Lipinski definition) is 1. The maximum Gasteiger partial charge on any atom is 0.224 e. The molecule has 0 saturated carbocycles. The Morgan fingerprint density at radius 2 is 1.64 bits per heavy atom. The molecule has 0 aliphatic rings. The molecule has 84 valence electrons. The summed E-state index contributed by atoms with van der Waals surface area (Å²) < 4.78 is 0. The minimum absolute atomic E-state index is 0.0848. The molecule has 0 aromatic rings. The third kappa shape index (κ3) is 3.66. The molecule has 3 heteroatoms. The van der Waals surface area contributed by atoms with Gasteiger partial charge in [-0.2, -0.15) is 0 Å². The van der Waals surface area contributed by atoms with Gasteiger partial charge in [0, 0.05) is 12.1 Å². The van der Waals surface area contributed by atoms with Crippen molar-refractivity contribution in [2.75, 3.05) is 13.1 Å². The van der Waals surface area contributed by atoms with Gasteiger partial charge in [-0.25, -0.2) is 0 Å². The quantitative estimate of drug-likeness (QED) is 0.749. The fraction of sp³-hybridized carbons (Fsp3) is 0.909. The molecule has 3 nitrogen and oxygen atoms in total. The van der Waals surface area contributed by atoms with E-state index in [0.29, 0.717) is 6.54 Å². The first-order valence-corrected chi connectivity index (χ1v) is 5.16. The van der Waals surface area contributed by atoms with Crippen LogP contribution < -0.4 is 5.73 Å². The van der Waals surface area contributed by atoms with Crippen LogP contribution >= 0.6 is 0 Å². The van der Waals surface area contributed by atoms with Crippen molar-refractivity contribution in [2.24, 2.45) is 11.1 Å². The smallest absolute Gasteiger partial charge is 0.224 e. The van der Waals surface area contributed by atoms with Crippen LogP contribution in [0.25, 0.3) is 0 Å². The van der Waals surface area contributed by atoms with Crippen molar-refractivity contribution in [3.63, 3.8) is 0 Å². The third-order valence-corrected chi connectivity index (χ3v) is 2.58. The number of amides is 1. The first-order chi connectivity index (χ1) is 6.11. The molecular formula is C11H24N2O. The molecule has 0 aromatic heterocycles. The number of carbonyl (C=O) groups excluding carboxylic acids is 1. The van der Waals surface area contributed by atoms with E-state index in [1.165, 1.54) is 0 Å². The van der Waals surface area contributed by atoms with Crippen LogP contribution in [-0.4, -0.2) is 29.4 Å². The second kappa shape index (κ2) is 4.30. The van der Waals surface area contributed by atoms with E-state index in [0.717, 1.165) is 6.54 Å². The molecule has 0 aliphatic heterocycles. The molecule has 0 bridgehead atoms. The normalized spacial score (nSPS) is 13.4. The summed E-state index contributed by atoms with van der Waals surface area (Å²) in [4.78, 5) is 13.5. The maximum absolute atomic E-state index is 11.2. The summed E-state index contributed by atoms with van der Waals surface area (Å²) >= 11 is 0. The third-order valence-electron chi connectivity index (χ3n) is 2.58. The van der Waals surface area contributed by atoms with E-state index in [4.69, 9.17) is 5.73 Å². The lowest BCUT2D eigenvalue weighted by molar-refractivity contribution is -0.127. The molecule has 0 radical (unpaired) electrons. The fourth-order valence-corrected chi connectivity index (χ4v) is 1.38. The zero-order valence-electron chi connectivity index (χ0n) is 10.3. The average Bonchev–Trinajstić information content (AvgIpc) is 1.97. The molecule has 2 N–H and O–H groups in total. The first kappa shape index (κ1) is 13.4. The monoisotopic (exact) mass is 200 g/mol. The largest absolute Gasteiger partial charge is 0.369 e. The second-order valence-corrected chi connectivity index (χ2v) is 5.43. The zero-order chi connectivity index (χ0) is 11.6. The Kier molecular flexibility index (Phi) is 4.13. The van der Waals surface area contributed by atoms with E-state index in [1.54, 1.807) is 0 Å². The number of rotatable bonds is 4. The Labute approximate surface area is 87.6 Å². The Morgan fingerprint density at radius 1 is 1.21 bits per heavy atom. The van der Waals surface area contributed by atoms with Crippen LogP contribution in [0.3, 0.4) is 0 Å². The standard InChI is InChI=1S/C11H24N2O/c1-7-13(10(2,3)4)8-11(5,6)9(12)14/h7-8H2,1-6H3,(H2,12,14). The van der Waals surface area contributed by atoms with E-state index in [1.807, 2.05) is 13.8 Å². The second-order valence-electron chi connectivity index (χ2n) is 5.43. The van der Waals surface area contributed by atoms with Gasteiger partial charge < -0.3 is 5.73 Å². The van der Waals surface area contributed by atoms with Gasteiger partial charge in [0.1, 0.15) is 0 Å². The lowest BCUT2D eigenvalue weighted by Crippen LogP contribution is -2.49. The summed E-state index contributed by atoms with van der Waals surface area (Å²) in [6.07, 6.45) is 0. The minimum atomic E-state index is -0.455. The minimum Gasteiger partial charge on any atom is -0.369 e. The SMILES string of the molecule is CCN(CC(C)(C)C(N)=O)C(C)(C)C. The number of nitrogens with zero attached hydrogens (tertiary/aromatic N) is 1. The van der Waals surface area contributed by atoms with Crippen molar-refractivity contribution in [2.45, 2.75) is 47.1 Å². The predicted octanol–water partition coefficient (Wildman–Crippen LogP) is 1.62. The lowest BCUT2D eigenvalue weighted by Gasteiger charge is -2.39. The molecule has 14 heavy (non-hydrogen) atoms. The number of primary amides is 1. The van der Waals surface area contributed by atoms with E-state index in [-0.39, 0.29) is 11.4 Å². The van der Waals surface area contributed by atoms with E-state index in [9.17, 15) is 4.79 Å². The van der Waals surface area contributed by atoms with Crippen LogP contribution in [0.2, 0.25) is 0 Å². The highest BCUT2D eigenvalue weighted by Crippen LogP contribution is 2.22. The summed E-state index contributed by atoms with van der Waals surface area (Å²) in [6, 6.07) is 0. The average molecular weight is 200 g/mol. The van der Waals surface area contributed by atoms with Crippen molar-refractivity contribution in [1.29, 1.82) is 0 Å². The van der Waals surface area contributed by atoms with Crippen molar-refractivity contribution in [1.82, 2.24) is 4.90 Å².